The van der Waals surface area contributed by atoms with Gasteiger partial charge in [-0.25, -0.2) is 14.6 Å². The molecule has 0 bridgehead atoms. The van der Waals surface area contributed by atoms with Gasteiger partial charge in [0.1, 0.15) is 0 Å². The SMILES string of the molecule is CCc1[nH]ncc1Nc1nccc(-c2ccc3c(c2)CN(C2COC2)CC[C@H]3NC(=O)c2cn(C(C)(C)C)nn2)n1. The quantitative estimate of drug-likeness (QED) is 0.312. The molecule has 0 saturated carbocycles. The number of nitrogens with zero attached hydrogens (tertiary/aromatic N) is 7. The molecule has 1 atom stereocenters. The number of H-pyrrole nitrogens is 1. The lowest BCUT2D eigenvalue weighted by molar-refractivity contribution is -0.0678. The van der Waals surface area contributed by atoms with Gasteiger partial charge in [-0.15, -0.1) is 5.10 Å². The molecule has 2 aliphatic heterocycles. The Hall–Kier alpha value is -4.16. The number of anilines is 2. The standard InChI is InChI=1S/C29H36N10O2/c1-5-22-25(13-31-35-22)34-28-30-10-8-23(33-28)18-6-7-21-19(12-18)14-38(20-16-41-17-20)11-9-24(21)32-27(40)26-15-39(37-36-26)29(2,3)4/h6-8,10,12-13,15,20,24H,5,9,11,14,16-17H2,1-4H3,(H,31,35)(H,32,40)(H,30,33,34)/t24-/m1/s1. The largest absolute Gasteiger partial charge is 0.378 e. The van der Waals surface area contributed by atoms with Gasteiger partial charge in [0.2, 0.25) is 5.95 Å². The Kier molecular flexibility index (Phi) is 7.26. The van der Waals surface area contributed by atoms with E-state index in [1.54, 1.807) is 23.3 Å². The number of carbonyl (C=O) groups excluding carboxylic acids is 1. The van der Waals surface area contributed by atoms with Gasteiger partial charge in [0.25, 0.3) is 5.91 Å². The maximum Gasteiger partial charge on any atom is 0.273 e. The molecule has 12 nitrogen and oxygen atoms in total. The minimum absolute atomic E-state index is 0.159. The van der Waals surface area contributed by atoms with Crippen molar-refractivity contribution >= 4 is 17.5 Å². The number of hydrogen-bond donors (Lipinski definition) is 3. The number of fused-ring (bicyclic) bond motifs is 1. The Morgan fingerprint density at radius 3 is 2.80 bits per heavy atom. The van der Waals surface area contributed by atoms with Gasteiger partial charge in [0.05, 0.1) is 60.3 Å². The number of aromatic amines is 1. The number of hydrogen-bond acceptors (Lipinski definition) is 9. The van der Waals surface area contributed by atoms with Gasteiger partial charge in [-0.3, -0.25) is 14.8 Å². The fraction of sp³-hybridized carbons (Fsp3) is 0.448. The zero-order valence-corrected chi connectivity index (χ0v) is 23.9. The topological polar surface area (TPSA) is 139 Å². The second-order valence-electron chi connectivity index (χ2n) is 11.6. The summed E-state index contributed by atoms with van der Waals surface area (Å²) in [5, 5.41) is 21.9. The first-order valence-corrected chi connectivity index (χ1v) is 14.1. The van der Waals surface area contributed by atoms with Crippen LogP contribution in [0, 0.1) is 0 Å². The lowest BCUT2D eigenvalue weighted by Crippen LogP contribution is -2.48. The molecule has 2 aliphatic rings. The van der Waals surface area contributed by atoms with Gasteiger partial charge in [-0.2, -0.15) is 5.10 Å². The van der Waals surface area contributed by atoms with E-state index in [1.165, 1.54) is 0 Å². The summed E-state index contributed by atoms with van der Waals surface area (Å²) in [5.41, 5.74) is 5.99. The molecule has 1 fully saturated rings. The predicted molar refractivity (Wildman–Crippen MR) is 154 cm³/mol. The molecule has 0 spiro atoms. The normalized spacial score (nSPS) is 17.9. The van der Waals surface area contributed by atoms with E-state index in [0.717, 1.165) is 72.9 Å². The van der Waals surface area contributed by atoms with Crippen LogP contribution in [0.5, 0.6) is 0 Å². The number of rotatable bonds is 7. The molecule has 41 heavy (non-hydrogen) atoms. The number of aromatic nitrogens is 7. The lowest BCUT2D eigenvalue weighted by Gasteiger charge is -2.36. The fourth-order valence-electron chi connectivity index (χ4n) is 5.20. The molecule has 3 aromatic heterocycles. The molecule has 3 N–H and O–H groups in total. The molecule has 0 unspecified atom stereocenters. The Bertz CT molecular complexity index is 1530. The Labute approximate surface area is 238 Å². The van der Waals surface area contributed by atoms with Crippen LogP contribution in [0.3, 0.4) is 0 Å². The van der Waals surface area contributed by atoms with Crippen molar-refractivity contribution in [3.63, 3.8) is 0 Å². The second kappa shape index (κ2) is 11.0. The molecule has 1 amide bonds. The van der Waals surface area contributed by atoms with E-state index in [0.29, 0.717) is 17.7 Å². The first kappa shape index (κ1) is 27.0. The third-order valence-corrected chi connectivity index (χ3v) is 7.72. The average Bonchev–Trinajstić information content (AvgIpc) is 3.57. The maximum absolute atomic E-state index is 13.3. The van der Waals surface area contributed by atoms with Crippen molar-refractivity contribution in [1.29, 1.82) is 0 Å². The smallest absolute Gasteiger partial charge is 0.273 e. The van der Waals surface area contributed by atoms with Crippen LogP contribution < -0.4 is 10.6 Å². The van der Waals surface area contributed by atoms with Gasteiger partial charge < -0.3 is 15.4 Å². The first-order valence-electron chi connectivity index (χ1n) is 14.1. The van der Waals surface area contributed by atoms with Crippen LogP contribution >= 0.6 is 0 Å². The Balaban J connectivity index is 1.28. The molecule has 6 rings (SSSR count). The van der Waals surface area contributed by atoms with Crippen molar-refractivity contribution in [2.45, 2.75) is 64.7 Å². The summed E-state index contributed by atoms with van der Waals surface area (Å²) in [7, 11) is 0. The number of nitrogens with one attached hydrogen (secondary N) is 3. The van der Waals surface area contributed by atoms with Crippen LogP contribution in [-0.2, 0) is 23.2 Å². The molecular formula is C29H36N10O2. The summed E-state index contributed by atoms with van der Waals surface area (Å²) in [4.78, 5) is 24.9. The molecule has 0 radical (unpaired) electrons. The average molecular weight is 557 g/mol. The van der Waals surface area contributed by atoms with E-state index in [2.05, 4.69) is 66.1 Å². The summed E-state index contributed by atoms with van der Waals surface area (Å²) in [6.07, 6.45) is 6.82. The molecule has 214 valence electrons. The molecule has 0 aliphatic carbocycles. The summed E-state index contributed by atoms with van der Waals surface area (Å²) in [6, 6.07) is 8.50. The van der Waals surface area contributed by atoms with E-state index in [1.807, 2.05) is 26.8 Å². The summed E-state index contributed by atoms with van der Waals surface area (Å²) in [5.74, 6) is 0.286. The predicted octanol–water partition coefficient (Wildman–Crippen LogP) is 3.59. The third-order valence-electron chi connectivity index (χ3n) is 7.72. The zero-order valence-electron chi connectivity index (χ0n) is 23.9. The summed E-state index contributed by atoms with van der Waals surface area (Å²) < 4.78 is 7.22. The summed E-state index contributed by atoms with van der Waals surface area (Å²) >= 11 is 0. The maximum atomic E-state index is 13.3. The van der Waals surface area contributed by atoms with Crippen molar-refractivity contribution in [2.24, 2.45) is 0 Å². The van der Waals surface area contributed by atoms with Crippen LogP contribution in [0.4, 0.5) is 11.6 Å². The number of aryl methyl sites for hydroxylation is 1. The highest BCUT2D eigenvalue weighted by molar-refractivity contribution is 5.92. The Morgan fingerprint density at radius 2 is 2.07 bits per heavy atom. The van der Waals surface area contributed by atoms with Crippen LogP contribution in [0.15, 0.2) is 42.9 Å². The summed E-state index contributed by atoms with van der Waals surface area (Å²) in [6.45, 7) is 11.2. The van der Waals surface area contributed by atoms with Gasteiger partial charge >= 0.3 is 0 Å². The number of amides is 1. The molecular weight excluding hydrogens is 520 g/mol. The third kappa shape index (κ3) is 5.70. The fourth-order valence-corrected chi connectivity index (χ4v) is 5.20. The highest BCUT2D eigenvalue weighted by Gasteiger charge is 2.32. The van der Waals surface area contributed by atoms with Crippen molar-refractivity contribution in [3.05, 3.63) is 65.4 Å². The van der Waals surface area contributed by atoms with Crippen LogP contribution in [0.25, 0.3) is 11.3 Å². The van der Waals surface area contributed by atoms with E-state index >= 15 is 0 Å². The van der Waals surface area contributed by atoms with Crippen molar-refractivity contribution in [3.8, 4) is 11.3 Å². The zero-order chi connectivity index (χ0) is 28.6. The highest BCUT2D eigenvalue weighted by Crippen LogP contribution is 2.32. The van der Waals surface area contributed by atoms with Crippen LogP contribution in [0.2, 0.25) is 0 Å². The van der Waals surface area contributed by atoms with Crippen LogP contribution in [-0.4, -0.2) is 71.8 Å². The molecule has 12 heteroatoms. The van der Waals surface area contributed by atoms with Gasteiger partial charge in [-0.1, -0.05) is 24.3 Å². The van der Waals surface area contributed by atoms with E-state index in [-0.39, 0.29) is 17.5 Å². The van der Waals surface area contributed by atoms with Gasteiger partial charge in [0.15, 0.2) is 5.69 Å². The van der Waals surface area contributed by atoms with E-state index in [4.69, 9.17) is 9.72 Å². The minimum atomic E-state index is -0.255. The van der Waals surface area contributed by atoms with E-state index in [9.17, 15) is 4.79 Å². The van der Waals surface area contributed by atoms with Crippen molar-refractivity contribution in [2.75, 3.05) is 25.1 Å². The lowest BCUT2D eigenvalue weighted by atomic mass is 9.96. The molecule has 1 aromatic carbocycles. The molecule has 5 heterocycles. The van der Waals surface area contributed by atoms with Crippen molar-refractivity contribution < 1.29 is 9.53 Å². The number of carbonyl (C=O) groups is 1. The van der Waals surface area contributed by atoms with Gasteiger partial charge in [0, 0.05) is 24.8 Å². The van der Waals surface area contributed by atoms with Crippen molar-refractivity contribution in [1.82, 2.24) is 45.4 Å². The molecule has 4 aromatic rings. The number of ether oxygens (including phenoxy) is 1. The van der Waals surface area contributed by atoms with Gasteiger partial charge in [-0.05, 0) is 56.9 Å². The first-order chi connectivity index (χ1) is 19.8. The number of benzene rings is 1. The van der Waals surface area contributed by atoms with Crippen LogP contribution in [0.1, 0.15) is 67.5 Å². The Morgan fingerprint density at radius 1 is 1.22 bits per heavy atom. The molecule has 1 saturated heterocycles. The minimum Gasteiger partial charge on any atom is -0.378 e. The second-order valence-corrected chi connectivity index (χ2v) is 11.6. The van der Waals surface area contributed by atoms with E-state index < -0.39 is 0 Å². The highest BCUT2D eigenvalue weighted by atomic mass is 16.5. The monoisotopic (exact) mass is 556 g/mol.